The van der Waals surface area contributed by atoms with Crippen LogP contribution in [-0.4, -0.2) is 54.5 Å². The third kappa shape index (κ3) is 2.33. The van der Waals surface area contributed by atoms with Crippen molar-refractivity contribution in [3.63, 3.8) is 0 Å². The minimum absolute atomic E-state index is 0.0746. The fraction of sp³-hybridized carbons (Fsp3) is 1.00. The van der Waals surface area contributed by atoms with E-state index in [9.17, 15) is 0 Å². The maximum absolute atomic E-state index is 5.56. The molecule has 0 aromatic rings. The molecule has 0 aliphatic carbocycles. The molecule has 3 aliphatic rings. The van der Waals surface area contributed by atoms with E-state index in [1.54, 1.807) is 0 Å². The van der Waals surface area contributed by atoms with Crippen LogP contribution in [0.2, 0.25) is 0 Å². The Morgan fingerprint density at radius 1 is 1.27 bits per heavy atom. The van der Waals surface area contributed by atoms with E-state index >= 15 is 0 Å². The average molecular weight is 229 g/mol. The molecule has 0 amide bonds. The Morgan fingerprint density at radius 2 is 2.13 bits per heavy atom. The molecule has 2 unspecified atom stereocenters. The highest BCUT2D eigenvalue weighted by atomic mass is 32.2. The highest BCUT2D eigenvalue weighted by molar-refractivity contribution is 8.00. The van der Waals surface area contributed by atoms with Gasteiger partial charge in [0.05, 0.1) is 13.2 Å². The van der Waals surface area contributed by atoms with Crippen molar-refractivity contribution in [2.75, 3.05) is 32.1 Å². The Hall–Kier alpha value is 0.230. The molecule has 3 heterocycles. The van der Waals surface area contributed by atoms with Gasteiger partial charge in [-0.1, -0.05) is 0 Å². The van der Waals surface area contributed by atoms with Crippen molar-refractivity contribution >= 4 is 11.8 Å². The van der Waals surface area contributed by atoms with Gasteiger partial charge in [-0.25, -0.2) is 0 Å². The van der Waals surface area contributed by atoms with E-state index in [-0.39, 0.29) is 6.29 Å². The van der Waals surface area contributed by atoms with Crippen LogP contribution < -0.4 is 0 Å². The molecule has 3 aliphatic heterocycles. The van der Waals surface area contributed by atoms with Gasteiger partial charge in [0.15, 0.2) is 6.29 Å². The van der Waals surface area contributed by atoms with E-state index in [0.717, 1.165) is 43.9 Å². The number of fused-ring (bicyclic) bond motifs is 2. The van der Waals surface area contributed by atoms with Crippen LogP contribution in [0.3, 0.4) is 0 Å². The van der Waals surface area contributed by atoms with Gasteiger partial charge in [0, 0.05) is 36.6 Å². The van der Waals surface area contributed by atoms with Gasteiger partial charge in [-0.3, -0.25) is 4.90 Å². The second kappa shape index (κ2) is 4.62. The molecular formula is C11H19NO2S. The lowest BCUT2D eigenvalue weighted by atomic mass is 10.2. The van der Waals surface area contributed by atoms with Crippen molar-refractivity contribution in [3.8, 4) is 0 Å². The molecule has 3 saturated heterocycles. The summed E-state index contributed by atoms with van der Waals surface area (Å²) in [6.07, 6.45) is 3.59. The first-order chi connectivity index (χ1) is 7.42. The smallest absolute Gasteiger partial charge is 0.158 e. The molecule has 3 nitrogen and oxygen atoms in total. The van der Waals surface area contributed by atoms with Crippen molar-refractivity contribution < 1.29 is 9.47 Å². The average Bonchev–Trinajstić information content (AvgIpc) is 2.89. The Bertz CT molecular complexity index is 221. The highest BCUT2D eigenvalue weighted by Crippen LogP contribution is 2.37. The fourth-order valence-electron chi connectivity index (χ4n) is 2.73. The molecule has 3 fully saturated rings. The maximum atomic E-state index is 5.56. The van der Waals surface area contributed by atoms with Crippen LogP contribution in [0.4, 0.5) is 0 Å². The summed E-state index contributed by atoms with van der Waals surface area (Å²) in [6.45, 7) is 4.22. The van der Waals surface area contributed by atoms with E-state index in [2.05, 4.69) is 16.7 Å². The van der Waals surface area contributed by atoms with E-state index in [0.29, 0.717) is 0 Å². The Balaban J connectivity index is 1.42. The zero-order valence-corrected chi connectivity index (χ0v) is 9.88. The summed E-state index contributed by atoms with van der Waals surface area (Å²) in [5.41, 5.74) is 0. The second-order valence-electron chi connectivity index (χ2n) is 4.65. The number of nitrogens with zero attached hydrogens (tertiary/aromatic N) is 1. The van der Waals surface area contributed by atoms with Gasteiger partial charge in [-0.2, -0.15) is 11.8 Å². The monoisotopic (exact) mass is 229 g/mol. The standard InChI is InChI=1S/C11H19NO2S/c1-4-13-11(14-5-1)2-3-12-7-10-6-9(12)8-15-10/h9-11H,1-8H2. The predicted molar refractivity (Wildman–Crippen MR) is 61.2 cm³/mol. The van der Waals surface area contributed by atoms with Crippen molar-refractivity contribution in [2.45, 2.75) is 36.8 Å². The number of thioether (sulfide) groups is 1. The second-order valence-corrected chi connectivity index (χ2v) is 5.99. The molecule has 0 aromatic heterocycles. The van der Waals surface area contributed by atoms with Crippen LogP contribution in [-0.2, 0) is 9.47 Å². The quantitative estimate of drug-likeness (QED) is 0.728. The van der Waals surface area contributed by atoms with Crippen molar-refractivity contribution in [3.05, 3.63) is 0 Å². The van der Waals surface area contributed by atoms with E-state index < -0.39 is 0 Å². The summed E-state index contributed by atoms with van der Waals surface area (Å²) in [4.78, 5) is 2.63. The summed E-state index contributed by atoms with van der Waals surface area (Å²) in [7, 11) is 0. The van der Waals surface area contributed by atoms with Gasteiger partial charge < -0.3 is 9.47 Å². The zero-order valence-electron chi connectivity index (χ0n) is 9.06. The van der Waals surface area contributed by atoms with E-state index in [4.69, 9.17) is 9.47 Å². The zero-order chi connectivity index (χ0) is 10.1. The first kappa shape index (κ1) is 10.4. The molecule has 4 heteroatoms. The summed E-state index contributed by atoms with van der Waals surface area (Å²) in [5.74, 6) is 1.34. The largest absolute Gasteiger partial charge is 0.353 e. The van der Waals surface area contributed by atoms with Crippen LogP contribution in [0.25, 0.3) is 0 Å². The van der Waals surface area contributed by atoms with E-state index in [1.165, 1.54) is 18.7 Å². The molecule has 0 saturated carbocycles. The lowest BCUT2D eigenvalue weighted by Crippen LogP contribution is -2.37. The lowest BCUT2D eigenvalue weighted by Gasteiger charge is -2.29. The molecular weight excluding hydrogens is 210 g/mol. The minimum atomic E-state index is 0.0746. The SMILES string of the molecule is C1COC(CCN2CC3CC2CS3)OC1. The first-order valence-electron chi connectivity index (χ1n) is 6.01. The normalized spacial score (nSPS) is 37.6. The Morgan fingerprint density at radius 3 is 2.80 bits per heavy atom. The molecule has 15 heavy (non-hydrogen) atoms. The van der Waals surface area contributed by atoms with Gasteiger partial charge >= 0.3 is 0 Å². The Kier molecular flexibility index (Phi) is 3.20. The topological polar surface area (TPSA) is 21.7 Å². The van der Waals surface area contributed by atoms with Crippen molar-refractivity contribution in [2.24, 2.45) is 0 Å². The minimum Gasteiger partial charge on any atom is -0.353 e. The summed E-state index contributed by atoms with van der Waals surface area (Å²) in [6, 6.07) is 0.851. The highest BCUT2D eigenvalue weighted by Gasteiger charge is 2.38. The molecule has 2 bridgehead atoms. The Labute approximate surface area is 95.5 Å². The number of hydrogen-bond donors (Lipinski definition) is 0. The third-order valence-electron chi connectivity index (χ3n) is 3.56. The molecule has 0 N–H and O–H groups in total. The van der Waals surface area contributed by atoms with Crippen molar-refractivity contribution in [1.82, 2.24) is 4.90 Å². The number of likely N-dealkylation sites (tertiary alicyclic amines) is 1. The third-order valence-corrected chi connectivity index (χ3v) is 4.95. The van der Waals surface area contributed by atoms with E-state index in [1.807, 2.05) is 0 Å². The first-order valence-corrected chi connectivity index (χ1v) is 7.05. The van der Waals surface area contributed by atoms with Gasteiger partial charge in [-0.05, 0) is 12.8 Å². The fourth-order valence-corrected chi connectivity index (χ4v) is 4.22. The van der Waals surface area contributed by atoms with Crippen LogP contribution in [0, 0.1) is 0 Å². The predicted octanol–water partition coefficient (Wildman–Crippen LogP) is 1.33. The van der Waals surface area contributed by atoms with Gasteiger partial charge in [0.2, 0.25) is 0 Å². The van der Waals surface area contributed by atoms with Crippen LogP contribution in [0.15, 0.2) is 0 Å². The molecule has 3 rings (SSSR count). The number of ether oxygens (including phenoxy) is 2. The maximum Gasteiger partial charge on any atom is 0.158 e. The summed E-state index contributed by atoms with van der Waals surface area (Å²) >= 11 is 2.15. The van der Waals surface area contributed by atoms with Crippen LogP contribution in [0.1, 0.15) is 19.3 Å². The van der Waals surface area contributed by atoms with Gasteiger partial charge in [0.1, 0.15) is 0 Å². The summed E-state index contributed by atoms with van der Waals surface area (Å²) in [5, 5.41) is 0.920. The number of rotatable bonds is 3. The van der Waals surface area contributed by atoms with Crippen LogP contribution in [0.5, 0.6) is 0 Å². The molecule has 0 radical (unpaired) electrons. The number of hydrogen-bond acceptors (Lipinski definition) is 4. The molecule has 86 valence electrons. The summed E-state index contributed by atoms with van der Waals surface area (Å²) < 4.78 is 11.1. The molecule has 0 spiro atoms. The molecule has 0 aromatic carbocycles. The molecule has 2 atom stereocenters. The van der Waals surface area contributed by atoms with Gasteiger partial charge in [0.25, 0.3) is 0 Å². The van der Waals surface area contributed by atoms with Crippen molar-refractivity contribution in [1.29, 1.82) is 0 Å². The van der Waals surface area contributed by atoms with Gasteiger partial charge in [-0.15, -0.1) is 0 Å². The van der Waals surface area contributed by atoms with Crippen LogP contribution >= 0.6 is 11.8 Å². The lowest BCUT2D eigenvalue weighted by molar-refractivity contribution is -0.182.